The van der Waals surface area contributed by atoms with Crippen LogP contribution >= 0.6 is 0 Å². The van der Waals surface area contributed by atoms with Crippen molar-refractivity contribution in [2.45, 2.75) is 24.8 Å². The van der Waals surface area contributed by atoms with Crippen LogP contribution in [0.3, 0.4) is 0 Å². The molecule has 0 aromatic heterocycles. The Balaban J connectivity index is 1.87. The molecule has 7 nitrogen and oxygen atoms in total. The third kappa shape index (κ3) is 5.97. The molecule has 8 heteroatoms. The molecule has 0 unspecified atom stereocenters. The van der Waals surface area contributed by atoms with E-state index in [0.29, 0.717) is 18.0 Å². The second-order valence-electron chi connectivity index (χ2n) is 5.93. The first kappa shape index (κ1) is 20.7. The lowest BCUT2D eigenvalue weighted by Gasteiger charge is -2.11. The Kier molecular flexibility index (Phi) is 7.20. The maximum absolute atomic E-state index is 12.4. The van der Waals surface area contributed by atoms with Gasteiger partial charge >= 0.3 is 0 Å². The lowest BCUT2D eigenvalue weighted by Crippen LogP contribution is -2.30. The summed E-state index contributed by atoms with van der Waals surface area (Å²) in [5, 5.41) is 2.78. The number of amides is 1. The van der Waals surface area contributed by atoms with Gasteiger partial charge in [-0.15, -0.1) is 0 Å². The van der Waals surface area contributed by atoms with Gasteiger partial charge in [0.05, 0.1) is 19.1 Å². The van der Waals surface area contributed by atoms with E-state index >= 15 is 0 Å². The molecule has 2 aromatic carbocycles. The van der Waals surface area contributed by atoms with E-state index in [1.165, 1.54) is 32.4 Å². The number of benzene rings is 2. The zero-order valence-corrected chi connectivity index (χ0v) is 16.4. The molecule has 0 spiro atoms. The van der Waals surface area contributed by atoms with Gasteiger partial charge in [0.25, 0.3) is 0 Å². The molecule has 0 aliphatic rings. The molecule has 146 valence electrons. The molecule has 0 bridgehead atoms. The van der Waals surface area contributed by atoms with Crippen LogP contribution in [0.2, 0.25) is 0 Å². The van der Waals surface area contributed by atoms with Crippen LogP contribution in [0.5, 0.6) is 11.5 Å². The highest BCUT2D eigenvalue weighted by atomic mass is 32.2. The number of nitrogens with one attached hydrogen (secondary N) is 2. The summed E-state index contributed by atoms with van der Waals surface area (Å²) in [5.74, 6) is 0.523. The lowest BCUT2D eigenvalue weighted by molar-refractivity contribution is -0.121. The van der Waals surface area contributed by atoms with Crippen LogP contribution < -0.4 is 19.5 Å². The topological polar surface area (TPSA) is 93.7 Å². The van der Waals surface area contributed by atoms with Crippen molar-refractivity contribution in [1.82, 2.24) is 10.0 Å². The predicted octanol–water partition coefficient (Wildman–Crippen LogP) is 2.00. The van der Waals surface area contributed by atoms with Crippen molar-refractivity contribution in [2.24, 2.45) is 0 Å². The molecular weight excluding hydrogens is 368 g/mol. The van der Waals surface area contributed by atoms with Crippen LogP contribution in [-0.4, -0.2) is 35.1 Å². The molecule has 0 aliphatic heterocycles. The van der Waals surface area contributed by atoms with Gasteiger partial charge in [-0.1, -0.05) is 29.8 Å². The Bertz CT molecular complexity index is 897. The number of rotatable bonds is 9. The minimum absolute atomic E-state index is 0.00364. The van der Waals surface area contributed by atoms with Crippen molar-refractivity contribution >= 4 is 15.9 Å². The van der Waals surface area contributed by atoms with Gasteiger partial charge in [0.15, 0.2) is 11.5 Å². The van der Waals surface area contributed by atoms with Gasteiger partial charge in [0.1, 0.15) is 0 Å². The van der Waals surface area contributed by atoms with Crippen LogP contribution in [0, 0.1) is 6.92 Å². The molecule has 2 N–H and O–H groups in total. The van der Waals surface area contributed by atoms with E-state index in [0.717, 1.165) is 11.1 Å². The summed E-state index contributed by atoms with van der Waals surface area (Å²) in [6.45, 7) is 2.38. The molecule has 1 amide bonds. The summed E-state index contributed by atoms with van der Waals surface area (Å²) in [6, 6.07) is 12.1. The van der Waals surface area contributed by atoms with Crippen molar-refractivity contribution in [3.8, 4) is 11.5 Å². The van der Waals surface area contributed by atoms with E-state index in [1.807, 2.05) is 31.2 Å². The molecule has 0 radical (unpaired) electrons. The fourth-order valence-electron chi connectivity index (χ4n) is 2.48. The lowest BCUT2D eigenvalue weighted by atomic mass is 10.1. The number of ether oxygens (including phenoxy) is 2. The number of hydrogen-bond acceptors (Lipinski definition) is 5. The summed E-state index contributed by atoms with van der Waals surface area (Å²) in [4.78, 5) is 12.0. The number of carbonyl (C=O) groups excluding carboxylic acids is 1. The predicted molar refractivity (Wildman–Crippen MR) is 102 cm³/mol. The first-order valence-electron chi connectivity index (χ1n) is 8.39. The van der Waals surface area contributed by atoms with Crippen LogP contribution in [-0.2, 0) is 21.4 Å². The molecule has 0 atom stereocenters. The molecule has 27 heavy (non-hydrogen) atoms. The van der Waals surface area contributed by atoms with Gasteiger partial charge in [0.2, 0.25) is 15.9 Å². The molecule has 0 saturated carbocycles. The largest absolute Gasteiger partial charge is 0.493 e. The van der Waals surface area contributed by atoms with Gasteiger partial charge in [0, 0.05) is 25.6 Å². The molecule has 2 aromatic rings. The smallest absolute Gasteiger partial charge is 0.240 e. The number of hydrogen-bond donors (Lipinski definition) is 2. The molecule has 0 fully saturated rings. The van der Waals surface area contributed by atoms with E-state index in [9.17, 15) is 13.2 Å². The molecule has 0 heterocycles. The van der Waals surface area contributed by atoms with E-state index in [-0.39, 0.29) is 23.8 Å². The number of aryl methyl sites for hydroxylation is 1. The normalized spacial score (nSPS) is 11.1. The van der Waals surface area contributed by atoms with E-state index in [1.54, 1.807) is 0 Å². The van der Waals surface area contributed by atoms with Crippen molar-refractivity contribution in [2.75, 3.05) is 20.8 Å². The van der Waals surface area contributed by atoms with Crippen LogP contribution in [0.15, 0.2) is 47.4 Å². The summed E-state index contributed by atoms with van der Waals surface area (Å²) >= 11 is 0. The van der Waals surface area contributed by atoms with Crippen LogP contribution in [0.25, 0.3) is 0 Å². The van der Waals surface area contributed by atoms with Crippen molar-refractivity contribution in [3.05, 3.63) is 53.6 Å². The zero-order chi connectivity index (χ0) is 19.9. The van der Waals surface area contributed by atoms with Crippen molar-refractivity contribution in [1.29, 1.82) is 0 Å². The van der Waals surface area contributed by atoms with Crippen molar-refractivity contribution in [3.63, 3.8) is 0 Å². The molecule has 0 saturated heterocycles. The number of methoxy groups -OCH3 is 2. The molecule has 2 rings (SSSR count). The Labute approximate surface area is 159 Å². The minimum Gasteiger partial charge on any atom is -0.493 e. The first-order chi connectivity index (χ1) is 12.9. The highest BCUT2D eigenvalue weighted by Gasteiger charge is 2.17. The fourth-order valence-corrected chi connectivity index (χ4v) is 3.52. The third-order valence-corrected chi connectivity index (χ3v) is 5.34. The van der Waals surface area contributed by atoms with Gasteiger partial charge in [-0.25, -0.2) is 13.1 Å². The number of carbonyl (C=O) groups is 1. The first-order valence-corrected chi connectivity index (χ1v) is 9.88. The SMILES string of the molecule is COc1ccc(S(=O)(=O)NCCC(=O)NCc2cccc(C)c2)cc1OC. The average Bonchev–Trinajstić information content (AvgIpc) is 2.65. The van der Waals surface area contributed by atoms with E-state index in [2.05, 4.69) is 10.0 Å². The minimum atomic E-state index is -3.75. The second kappa shape index (κ2) is 9.38. The van der Waals surface area contributed by atoms with Gasteiger partial charge in [-0.3, -0.25) is 4.79 Å². The maximum atomic E-state index is 12.4. The molecule has 0 aliphatic carbocycles. The Morgan fingerprint density at radius 2 is 1.78 bits per heavy atom. The average molecular weight is 392 g/mol. The maximum Gasteiger partial charge on any atom is 0.240 e. The summed E-state index contributed by atoms with van der Waals surface area (Å²) in [5.41, 5.74) is 2.11. The van der Waals surface area contributed by atoms with Crippen LogP contribution in [0.4, 0.5) is 0 Å². The van der Waals surface area contributed by atoms with E-state index in [4.69, 9.17) is 9.47 Å². The zero-order valence-electron chi connectivity index (χ0n) is 15.6. The summed E-state index contributed by atoms with van der Waals surface area (Å²) < 4.78 is 37.3. The molecular formula is C19H24N2O5S. The highest BCUT2D eigenvalue weighted by molar-refractivity contribution is 7.89. The Morgan fingerprint density at radius 1 is 1.04 bits per heavy atom. The Hall–Kier alpha value is -2.58. The monoisotopic (exact) mass is 392 g/mol. The second-order valence-corrected chi connectivity index (χ2v) is 7.70. The third-order valence-electron chi connectivity index (χ3n) is 3.88. The standard InChI is InChI=1S/C19H24N2O5S/c1-14-5-4-6-15(11-14)13-20-19(22)9-10-21-27(23,24)16-7-8-17(25-2)18(12-16)26-3/h4-8,11-12,21H,9-10,13H2,1-3H3,(H,20,22). The summed E-state index contributed by atoms with van der Waals surface area (Å²) in [6.07, 6.45) is 0.0400. The van der Waals surface area contributed by atoms with Gasteiger partial charge in [-0.05, 0) is 24.6 Å². The van der Waals surface area contributed by atoms with Crippen LogP contribution in [0.1, 0.15) is 17.5 Å². The quantitative estimate of drug-likeness (QED) is 0.681. The van der Waals surface area contributed by atoms with E-state index < -0.39 is 10.0 Å². The van der Waals surface area contributed by atoms with Gasteiger partial charge < -0.3 is 14.8 Å². The fraction of sp³-hybridized carbons (Fsp3) is 0.316. The highest BCUT2D eigenvalue weighted by Crippen LogP contribution is 2.29. The van der Waals surface area contributed by atoms with Crippen molar-refractivity contribution < 1.29 is 22.7 Å². The number of sulfonamides is 1. The summed E-state index contributed by atoms with van der Waals surface area (Å²) in [7, 11) is -0.849. The Morgan fingerprint density at radius 3 is 2.44 bits per heavy atom. The van der Waals surface area contributed by atoms with Gasteiger partial charge in [-0.2, -0.15) is 0 Å².